The van der Waals surface area contributed by atoms with Gasteiger partial charge in [-0.15, -0.1) is 11.3 Å². The Hall–Kier alpha value is -0.610. The molecule has 0 amide bonds. The molecule has 1 aromatic heterocycles. The summed E-state index contributed by atoms with van der Waals surface area (Å²) < 4.78 is 0. The third-order valence-electron chi connectivity index (χ3n) is 2.89. The third-order valence-corrected chi connectivity index (χ3v) is 4.13. The van der Waals surface area contributed by atoms with Crippen LogP contribution in [0.25, 0.3) is 0 Å². The Kier molecular flexibility index (Phi) is 5.92. The number of nitrogens with one attached hydrogen (secondary N) is 1. The lowest BCUT2D eigenvalue weighted by Gasteiger charge is -2.08. The molecule has 4 heteroatoms. The summed E-state index contributed by atoms with van der Waals surface area (Å²) in [5, 5.41) is 4.59. The van der Waals surface area contributed by atoms with E-state index in [-0.39, 0.29) is 0 Å². The summed E-state index contributed by atoms with van der Waals surface area (Å²) in [5.41, 5.74) is 1.28. The SMILES string of the molecule is CCCNCc1sc(N(C)C)nc1C(C)CC. The molecule has 0 saturated heterocycles. The molecular weight excluding hydrogens is 230 g/mol. The fraction of sp³-hybridized carbons (Fsp3) is 0.769. The van der Waals surface area contributed by atoms with Crippen LogP contribution in [0, 0.1) is 0 Å². The molecule has 0 fully saturated rings. The summed E-state index contributed by atoms with van der Waals surface area (Å²) in [4.78, 5) is 8.26. The van der Waals surface area contributed by atoms with Crippen molar-refractivity contribution in [3.05, 3.63) is 10.6 Å². The van der Waals surface area contributed by atoms with E-state index < -0.39 is 0 Å². The van der Waals surface area contributed by atoms with Crippen molar-refractivity contribution in [3.63, 3.8) is 0 Å². The van der Waals surface area contributed by atoms with E-state index in [1.807, 2.05) is 11.3 Å². The molecule has 0 aliphatic rings. The molecule has 0 spiro atoms. The summed E-state index contributed by atoms with van der Waals surface area (Å²) >= 11 is 1.81. The summed E-state index contributed by atoms with van der Waals surface area (Å²) in [6.45, 7) is 8.72. The van der Waals surface area contributed by atoms with Crippen LogP contribution in [0.1, 0.15) is 50.1 Å². The van der Waals surface area contributed by atoms with Crippen LogP contribution in [0.4, 0.5) is 5.13 Å². The Balaban J connectivity index is 2.83. The van der Waals surface area contributed by atoms with E-state index >= 15 is 0 Å². The quantitative estimate of drug-likeness (QED) is 0.758. The maximum absolute atomic E-state index is 4.76. The molecular formula is C13H25N3S. The maximum atomic E-state index is 4.76. The normalized spacial score (nSPS) is 12.8. The van der Waals surface area contributed by atoms with Crippen LogP contribution in [-0.4, -0.2) is 25.6 Å². The molecule has 0 saturated carbocycles. The first-order valence-corrected chi connectivity index (χ1v) is 7.29. The van der Waals surface area contributed by atoms with Crippen molar-refractivity contribution in [2.24, 2.45) is 0 Å². The van der Waals surface area contributed by atoms with Gasteiger partial charge in [0.05, 0.1) is 5.69 Å². The second kappa shape index (κ2) is 6.97. The van der Waals surface area contributed by atoms with Gasteiger partial charge < -0.3 is 10.2 Å². The topological polar surface area (TPSA) is 28.2 Å². The van der Waals surface area contributed by atoms with Gasteiger partial charge in [-0.3, -0.25) is 0 Å². The van der Waals surface area contributed by atoms with Crippen LogP contribution in [0.2, 0.25) is 0 Å². The van der Waals surface area contributed by atoms with Crippen LogP contribution in [-0.2, 0) is 6.54 Å². The Morgan fingerprint density at radius 3 is 2.59 bits per heavy atom. The van der Waals surface area contributed by atoms with Crippen LogP contribution in [0.5, 0.6) is 0 Å². The first-order chi connectivity index (χ1) is 8.10. The molecule has 0 bridgehead atoms. The van der Waals surface area contributed by atoms with Gasteiger partial charge in [-0.05, 0) is 25.3 Å². The highest BCUT2D eigenvalue weighted by atomic mass is 32.1. The van der Waals surface area contributed by atoms with Crippen LogP contribution in [0.15, 0.2) is 0 Å². The van der Waals surface area contributed by atoms with Gasteiger partial charge in [-0.2, -0.15) is 0 Å². The highest BCUT2D eigenvalue weighted by molar-refractivity contribution is 7.15. The molecule has 17 heavy (non-hydrogen) atoms. The van der Waals surface area contributed by atoms with Crippen molar-refractivity contribution in [2.45, 2.75) is 46.1 Å². The molecule has 0 aliphatic heterocycles. The second-order valence-corrected chi connectivity index (χ2v) is 5.75. The monoisotopic (exact) mass is 255 g/mol. The fourth-order valence-electron chi connectivity index (χ4n) is 1.63. The minimum Gasteiger partial charge on any atom is -0.354 e. The lowest BCUT2D eigenvalue weighted by Crippen LogP contribution is -2.14. The van der Waals surface area contributed by atoms with E-state index in [9.17, 15) is 0 Å². The summed E-state index contributed by atoms with van der Waals surface area (Å²) in [5.74, 6) is 0.554. The van der Waals surface area contributed by atoms with Crippen LogP contribution < -0.4 is 10.2 Å². The molecule has 3 nitrogen and oxygen atoms in total. The summed E-state index contributed by atoms with van der Waals surface area (Å²) in [6.07, 6.45) is 2.33. The van der Waals surface area contributed by atoms with E-state index in [4.69, 9.17) is 4.98 Å². The highest BCUT2D eigenvalue weighted by Gasteiger charge is 2.16. The number of hydrogen-bond donors (Lipinski definition) is 1. The standard InChI is InChI=1S/C13H25N3S/c1-6-8-14-9-11-12(10(3)7-2)15-13(17-11)16(4)5/h10,14H,6-9H2,1-5H3. The van der Waals surface area contributed by atoms with Crippen LogP contribution in [0.3, 0.4) is 0 Å². The Labute approximate surface area is 109 Å². The Bertz CT molecular complexity index is 333. The zero-order chi connectivity index (χ0) is 12.8. The van der Waals surface area contributed by atoms with E-state index in [0.29, 0.717) is 5.92 Å². The van der Waals surface area contributed by atoms with Gasteiger partial charge in [0.1, 0.15) is 0 Å². The van der Waals surface area contributed by atoms with Gasteiger partial charge in [0, 0.05) is 25.5 Å². The minimum atomic E-state index is 0.554. The average Bonchev–Trinajstić information content (AvgIpc) is 2.73. The summed E-state index contributed by atoms with van der Waals surface area (Å²) in [6, 6.07) is 0. The molecule has 1 unspecified atom stereocenters. The molecule has 1 heterocycles. The van der Waals surface area contributed by atoms with Crippen molar-refractivity contribution in [1.82, 2.24) is 10.3 Å². The number of thiazole rings is 1. The molecule has 0 radical (unpaired) electrons. The molecule has 1 atom stereocenters. The number of hydrogen-bond acceptors (Lipinski definition) is 4. The van der Waals surface area contributed by atoms with Gasteiger partial charge in [0.2, 0.25) is 0 Å². The summed E-state index contributed by atoms with van der Waals surface area (Å²) in [7, 11) is 4.12. The van der Waals surface area contributed by atoms with Crippen molar-refractivity contribution in [1.29, 1.82) is 0 Å². The lowest BCUT2D eigenvalue weighted by atomic mass is 10.0. The van der Waals surface area contributed by atoms with E-state index in [0.717, 1.165) is 24.6 Å². The molecule has 0 aliphatic carbocycles. The minimum absolute atomic E-state index is 0.554. The average molecular weight is 255 g/mol. The van der Waals surface area contributed by atoms with E-state index in [2.05, 4.69) is 45.1 Å². The smallest absolute Gasteiger partial charge is 0.185 e. The molecule has 98 valence electrons. The zero-order valence-electron chi connectivity index (χ0n) is 11.7. The Morgan fingerprint density at radius 1 is 1.35 bits per heavy atom. The number of aromatic nitrogens is 1. The van der Waals surface area contributed by atoms with Gasteiger partial charge in [-0.25, -0.2) is 4.98 Å². The van der Waals surface area contributed by atoms with Crippen molar-refractivity contribution in [3.8, 4) is 0 Å². The van der Waals surface area contributed by atoms with Gasteiger partial charge >= 0.3 is 0 Å². The highest BCUT2D eigenvalue weighted by Crippen LogP contribution is 2.31. The second-order valence-electron chi connectivity index (χ2n) is 4.69. The number of nitrogens with zero attached hydrogens (tertiary/aromatic N) is 2. The van der Waals surface area contributed by atoms with Gasteiger partial charge in [0.25, 0.3) is 0 Å². The molecule has 1 rings (SSSR count). The van der Waals surface area contributed by atoms with Crippen molar-refractivity contribution < 1.29 is 0 Å². The molecule has 0 aromatic carbocycles. The van der Waals surface area contributed by atoms with Crippen molar-refractivity contribution in [2.75, 3.05) is 25.5 Å². The molecule has 1 aromatic rings. The van der Waals surface area contributed by atoms with Crippen LogP contribution >= 0.6 is 11.3 Å². The first kappa shape index (κ1) is 14.5. The maximum Gasteiger partial charge on any atom is 0.185 e. The van der Waals surface area contributed by atoms with Gasteiger partial charge in [0.15, 0.2) is 5.13 Å². The molecule has 1 N–H and O–H groups in total. The largest absolute Gasteiger partial charge is 0.354 e. The lowest BCUT2D eigenvalue weighted by molar-refractivity contribution is 0.655. The predicted octanol–water partition coefficient (Wildman–Crippen LogP) is 3.22. The van der Waals surface area contributed by atoms with Gasteiger partial charge in [-0.1, -0.05) is 20.8 Å². The number of anilines is 1. The third kappa shape index (κ3) is 3.96. The first-order valence-electron chi connectivity index (χ1n) is 6.47. The van der Waals surface area contributed by atoms with E-state index in [1.165, 1.54) is 17.0 Å². The number of rotatable bonds is 7. The van der Waals surface area contributed by atoms with E-state index in [1.54, 1.807) is 0 Å². The predicted molar refractivity (Wildman–Crippen MR) is 77.1 cm³/mol. The zero-order valence-corrected chi connectivity index (χ0v) is 12.5. The fourth-order valence-corrected chi connectivity index (χ4v) is 2.70. The Morgan fingerprint density at radius 2 is 2.06 bits per heavy atom. The van der Waals surface area contributed by atoms with Crippen molar-refractivity contribution >= 4 is 16.5 Å².